The zero-order chi connectivity index (χ0) is 20.9. The second-order valence-electron chi connectivity index (χ2n) is 6.96. The molecule has 0 bridgehead atoms. The lowest BCUT2D eigenvalue weighted by atomic mass is 10.0. The van der Waals surface area contributed by atoms with Gasteiger partial charge in [0.05, 0.1) is 33.0 Å². The maximum atomic E-state index is 12.4. The molecule has 1 heterocycles. The molecule has 1 atom stereocenters. The molecule has 162 valence electrons. The van der Waals surface area contributed by atoms with Crippen LogP contribution < -0.4 is 4.74 Å². The first-order valence-electron chi connectivity index (χ1n) is 10.5. The van der Waals surface area contributed by atoms with Gasteiger partial charge in [0, 0.05) is 17.7 Å². The second-order valence-corrected chi connectivity index (χ2v) is 6.96. The monoisotopic (exact) mass is 414 g/mol. The molecule has 1 unspecified atom stereocenters. The van der Waals surface area contributed by atoms with Gasteiger partial charge >= 0.3 is 0 Å². The molecule has 0 spiro atoms. The number of benzene rings is 2. The van der Waals surface area contributed by atoms with E-state index in [1.165, 1.54) is 0 Å². The lowest BCUT2D eigenvalue weighted by Crippen LogP contribution is -2.24. The van der Waals surface area contributed by atoms with Crippen molar-refractivity contribution < 1.29 is 28.5 Å². The van der Waals surface area contributed by atoms with Crippen LogP contribution in [0.2, 0.25) is 0 Å². The number of hydrogen-bond donors (Lipinski definition) is 0. The van der Waals surface area contributed by atoms with E-state index in [9.17, 15) is 4.79 Å². The summed E-state index contributed by atoms with van der Waals surface area (Å²) in [5, 5.41) is 0. The standard InChI is InChI=1S/C24H30O6/c25-24(20-6-2-1-3-7-20)21-9-11-22(12-10-21)28-18-16-26-14-15-27-17-19-30-23-8-4-5-13-29-23/h1-3,6-7,9-12,23H,4-5,8,13-19H2. The molecule has 30 heavy (non-hydrogen) atoms. The van der Waals surface area contributed by atoms with Crippen LogP contribution in [0.15, 0.2) is 54.6 Å². The summed E-state index contributed by atoms with van der Waals surface area (Å²) in [6, 6.07) is 16.4. The predicted molar refractivity (Wildman–Crippen MR) is 113 cm³/mol. The van der Waals surface area contributed by atoms with E-state index in [4.69, 9.17) is 23.7 Å². The second kappa shape index (κ2) is 13.1. The van der Waals surface area contributed by atoms with E-state index in [0.717, 1.165) is 25.9 Å². The zero-order valence-electron chi connectivity index (χ0n) is 17.3. The van der Waals surface area contributed by atoms with Gasteiger partial charge < -0.3 is 23.7 Å². The Bertz CT molecular complexity index is 725. The molecule has 0 radical (unpaired) electrons. The Labute approximate surface area is 178 Å². The Kier molecular flexibility index (Phi) is 9.82. The van der Waals surface area contributed by atoms with Gasteiger partial charge in [0.1, 0.15) is 12.4 Å². The molecule has 3 rings (SSSR count). The highest BCUT2D eigenvalue weighted by Crippen LogP contribution is 2.15. The van der Waals surface area contributed by atoms with Gasteiger partial charge in [0.25, 0.3) is 0 Å². The average Bonchev–Trinajstić information content (AvgIpc) is 2.81. The Morgan fingerprint density at radius 2 is 1.47 bits per heavy atom. The van der Waals surface area contributed by atoms with Crippen molar-refractivity contribution in [2.75, 3.05) is 46.2 Å². The van der Waals surface area contributed by atoms with Crippen LogP contribution in [0.25, 0.3) is 0 Å². The summed E-state index contributed by atoms with van der Waals surface area (Å²) in [6.45, 7) is 3.80. The molecule has 1 fully saturated rings. The normalized spacial score (nSPS) is 16.3. The lowest BCUT2D eigenvalue weighted by Gasteiger charge is -2.22. The van der Waals surface area contributed by atoms with Gasteiger partial charge in [-0.3, -0.25) is 4.79 Å². The molecule has 0 amide bonds. The van der Waals surface area contributed by atoms with E-state index in [1.807, 2.05) is 30.3 Å². The van der Waals surface area contributed by atoms with Gasteiger partial charge in [-0.15, -0.1) is 0 Å². The lowest BCUT2D eigenvalue weighted by molar-refractivity contribution is -0.169. The van der Waals surface area contributed by atoms with Crippen molar-refractivity contribution in [2.45, 2.75) is 25.6 Å². The molecular formula is C24H30O6. The highest BCUT2D eigenvalue weighted by Gasteiger charge is 2.13. The molecule has 6 nitrogen and oxygen atoms in total. The summed E-state index contributed by atoms with van der Waals surface area (Å²) >= 11 is 0. The van der Waals surface area contributed by atoms with E-state index >= 15 is 0 Å². The largest absolute Gasteiger partial charge is 0.491 e. The molecule has 1 aliphatic heterocycles. The van der Waals surface area contributed by atoms with E-state index in [-0.39, 0.29) is 12.1 Å². The van der Waals surface area contributed by atoms with Gasteiger partial charge in [-0.1, -0.05) is 30.3 Å². The molecule has 2 aromatic carbocycles. The summed E-state index contributed by atoms with van der Waals surface area (Å²) in [7, 11) is 0. The predicted octanol–water partition coefficient (Wildman–Crippen LogP) is 3.87. The molecule has 2 aromatic rings. The molecular weight excluding hydrogens is 384 g/mol. The first-order valence-corrected chi connectivity index (χ1v) is 10.5. The van der Waals surface area contributed by atoms with Crippen LogP contribution in [-0.2, 0) is 18.9 Å². The number of ketones is 1. The van der Waals surface area contributed by atoms with Crippen LogP contribution >= 0.6 is 0 Å². The summed E-state index contributed by atoms with van der Waals surface area (Å²) in [4.78, 5) is 12.4. The fourth-order valence-corrected chi connectivity index (χ4v) is 3.08. The van der Waals surface area contributed by atoms with Gasteiger partial charge in [-0.2, -0.15) is 0 Å². The Morgan fingerprint density at radius 3 is 2.17 bits per heavy atom. The molecule has 0 aliphatic carbocycles. The van der Waals surface area contributed by atoms with Crippen LogP contribution in [0, 0.1) is 0 Å². The third-order valence-electron chi connectivity index (χ3n) is 4.69. The van der Waals surface area contributed by atoms with Gasteiger partial charge in [0.15, 0.2) is 12.1 Å². The number of ether oxygens (including phenoxy) is 5. The van der Waals surface area contributed by atoms with Gasteiger partial charge in [-0.05, 0) is 43.5 Å². The highest BCUT2D eigenvalue weighted by atomic mass is 16.7. The third-order valence-corrected chi connectivity index (χ3v) is 4.69. The van der Waals surface area contributed by atoms with Crippen molar-refractivity contribution in [2.24, 2.45) is 0 Å². The fraction of sp³-hybridized carbons (Fsp3) is 0.458. The van der Waals surface area contributed by atoms with Crippen LogP contribution in [-0.4, -0.2) is 58.3 Å². The summed E-state index contributed by atoms with van der Waals surface area (Å²) in [5.41, 5.74) is 1.32. The smallest absolute Gasteiger partial charge is 0.193 e. The quantitative estimate of drug-likeness (QED) is 0.366. The summed E-state index contributed by atoms with van der Waals surface area (Å²) in [5.74, 6) is 0.712. The van der Waals surface area contributed by atoms with Crippen LogP contribution in [0.1, 0.15) is 35.2 Å². The molecule has 0 saturated carbocycles. The third kappa shape index (κ3) is 7.88. The van der Waals surface area contributed by atoms with Crippen LogP contribution in [0.3, 0.4) is 0 Å². The van der Waals surface area contributed by atoms with Crippen molar-refractivity contribution in [3.8, 4) is 5.75 Å². The first-order chi connectivity index (χ1) is 14.8. The van der Waals surface area contributed by atoms with Crippen molar-refractivity contribution in [1.29, 1.82) is 0 Å². The highest BCUT2D eigenvalue weighted by molar-refractivity contribution is 6.08. The zero-order valence-corrected chi connectivity index (χ0v) is 17.3. The topological polar surface area (TPSA) is 63.2 Å². The van der Waals surface area contributed by atoms with Crippen molar-refractivity contribution in [1.82, 2.24) is 0 Å². The number of carbonyl (C=O) groups excluding carboxylic acids is 1. The average molecular weight is 414 g/mol. The number of hydrogen-bond acceptors (Lipinski definition) is 6. The van der Waals surface area contributed by atoms with E-state index < -0.39 is 0 Å². The Morgan fingerprint density at radius 1 is 0.800 bits per heavy atom. The minimum atomic E-state index is -0.0683. The molecule has 0 aromatic heterocycles. The molecule has 1 saturated heterocycles. The SMILES string of the molecule is O=C(c1ccccc1)c1ccc(OCCOCCOCCOC2CCCCO2)cc1. The maximum absolute atomic E-state index is 12.4. The summed E-state index contributed by atoms with van der Waals surface area (Å²) < 4.78 is 27.7. The Balaban J connectivity index is 1.20. The number of rotatable bonds is 13. The van der Waals surface area contributed by atoms with Gasteiger partial charge in [0.2, 0.25) is 0 Å². The van der Waals surface area contributed by atoms with Crippen LogP contribution in [0.4, 0.5) is 0 Å². The Hall–Kier alpha value is -2.25. The maximum Gasteiger partial charge on any atom is 0.193 e. The fourth-order valence-electron chi connectivity index (χ4n) is 3.08. The molecule has 1 aliphatic rings. The minimum Gasteiger partial charge on any atom is -0.491 e. The van der Waals surface area contributed by atoms with Gasteiger partial charge in [-0.25, -0.2) is 0 Å². The van der Waals surface area contributed by atoms with E-state index in [0.29, 0.717) is 56.5 Å². The number of carbonyl (C=O) groups is 1. The van der Waals surface area contributed by atoms with E-state index in [2.05, 4.69) is 0 Å². The van der Waals surface area contributed by atoms with Crippen molar-refractivity contribution >= 4 is 5.78 Å². The first kappa shape index (κ1) is 22.4. The molecule has 6 heteroatoms. The minimum absolute atomic E-state index is 0.00199. The van der Waals surface area contributed by atoms with Crippen molar-refractivity contribution in [3.05, 3.63) is 65.7 Å². The van der Waals surface area contributed by atoms with Crippen molar-refractivity contribution in [3.63, 3.8) is 0 Å². The van der Waals surface area contributed by atoms with E-state index in [1.54, 1.807) is 24.3 Å². The van der Waals surface area contributed by atoms with Crippen LogP contribution in [0.5, 0.6) is 5.75 Å². The summed E-state index contributed by atoms with van der Waals surface area (Å²) in [6.07, 6.45) is 3.18. The molecule has 0 N–H and O–H groups in total.